The number of likely N-dealkylation sites (tertiary alicyclic amines) is 1. The van der Waals surface area contributed by atoms with Crippen LogP contribution >= 0.6 is 15.9 Å². The van der Waals surface area contributed by atoms with Gasteiger partial charge in [-0.05, 0) is 67.2 Å². The molecule has 1 aliphatic rings. The van der Waals surface area contributed by atoms with E-state index in [1.165, 1.54) is 6.07 Å². The highest BCUT2D eigenvalue weighted by atomic mass is 79.9. The highest BCUT2D eigenvalue weighted by Gasteiger charge is 2.33. The number of rotatable bonds is 3. The third kappa shape index (κ3) is 5.18. The Hall–Kier alpha value is -1.14. The molecule has 128 valence electrons. The van der Waals surface area contributed by atoms with Gasteiger partial charge in [0.2, 0.25) is 0 Å². The number of aliphatic hydroxyl groups is 1. The summed E-state index contributed by atoms with van der Waals surface area (Å²) < 4.78 is 19.0. The zero-order chi connectivity index (χ0) is 17.2. The van der Waals surface area contributed by atoms with Crippen LogP contribution < -0.4 is 0 Å². The highest BCUT2D eigenvalue weighted by Crippen LogP contribution is 2.25. The number of hydrogen-bond acceptors (Lipinski definition) is 3. The molecule has 2 rings (SSSR count). The quantitative estimate of drug-likeness (QED) is 0.858. The van der Waals surface area contributed by atoms with Crippen molar-refractivity contribution in [1.29, 1.82) is 0 Å². The van der Waals surface area contributed by atoms with Gasteiger partial charge in [0.25, 0.3) is 0 Å². The van der Waals surface area contributed by atoms with E-state index in [0.717, 1.165) is 12.0 Å². The van der Waals surface area contributed by atoms with Gasteiger partial charge in [0.05, 0.1) is 10.6 Å². The van der Waals surface area contributed by atoms with Crippen molar-refractivity contribution in [1.82, 2.24) is 4.90 Å². The zero-order valence-electron chi connectivity index (χ0n) is 13.7. The molecule has 2 atom stereocenters. The third-order valence-corrected chi connectivity index (χ3v) is 4.46. The molecule has 0 radical (unpaired) electrons. The normalized spacial score (nSPS) is 19.7. The van der Waals surface area contributed by atoms with E-state index in [4.69, 9.17) is 4.74 Å². The molecule has 6 heteroatoms. The van der Waals surface area contributed by atoms with E-state index < -0.39 is 11.7 Å². The summed E-state index contributed by atoms with van der Waals surface area (Å²) in [5.74, 6) is -0.313. The fourth-order valence-electron chi connectivity index (χ4n) is 2.67. The van der Waals surface area contributed by atoms with Crippen LogP contribution in [0.15, 0.2) is 22.7 Å². The van der Waals surface area contributed by atoms with Crippen molar-refractivity contribution in [3.63, 3.8) is 0 Å². The van der Waals surface area contributed by atoms with E-state index in [1.54, 1.807) is 17.0 Å². The Labute approximate surface area is 144 Å². The molecule has 0 aliphatic carbocycles. The lowest BCUT2D eigenvalue weighted by molar-refractivity contribution is 0.0269. The fraction of sp³-hybridized carbons (Fsp3) is 0.588. The first-order valence-electron chi connectivity index (χ1n) is 7.75. The van der Waals surface area contributed by atoms with Gasteiger partial charge in [0, 0.05) is 19.0 Å². The highest BCUT2D eigenvalue weighted by molar-refractivity contribution is 9.10. The number of carbonyl (C=O) groups excluding carboxylic acids is 1. The lowest BCUT2D eigenvalue weighted by Gasteiger charge is -2.25. The van der Waals surface area contributed by atoms with Crippen LogP contribution in [0.3, 0.4) is 0 Å². The number of carbonyl (C=O) groups is 1. The number of nitrogens with zero attached hydrogens (tertiary/aromatic N) is 1. The van der Waals surface area contributed by atoms with Gasteiger partial charge in [-0.25, -0.2) is 9.18 Å². The van der Waals surface area contributed by atoms with E-state index in [1.807, 2.05) is 20.8 Å². The van der Waals surface area contributed by atoms with Gasteiger partial charge >= 0.3 is 6.09 Å². The minimum Gasteiger partial charge on any atom is -0.444 e. The fourth-order valence-corrected chi connectivity index (χ4v) is 3.09. The van der Waals surface area contributed by atoms with Gasteiger partial charge in [0.1, 0.15) is 11.4 Å². The average molecular weight is 388 g/mol. The summed E-state index contributed by atoms with van der Waals surface area (Å²) in [6, 6.07) is 4.73. The van der Waals surface area contributed by atoms with Crippen LogP contribution in [0.25, 0.3) is 0 Å². The molecule has 1 fully saturated rings. The van der Waals surface area contributed by atoms with Crippen LogP contribution in [0.2, 0.25) is 0 Å². The average Bonchev–Trinajstić information content (AvgIpc) is 2.91. The van der Waals surface area contributed by atoms with Crippen LogP contribution in [-0.4, -0.2) is 40.9 Å². The molecule has 1 aromatic rings. The summed E-state index contributed by atoms with van der Waals surface area (Å²) in [7, 11) is 0. The molecule has 1 aromatic carbocycles. The number of halogens is 2. The molecular weight excluding hydrogens is 365 g/mol. The molecule has 1 aliphatic heterocycles. The Kier molecular flexibility index (Phi) is 5.68. The molecule has 0 bridgehead atoms. The number of hydrogen-bond donors (Lipinski definition) is 1. The maximum atomic E-state index is 13.2. The lowest BCUT2D eigenvalue weighted by atomic mass is 9.95. The summed E-state index contributed by atoms with van der Waals surface area (Å²) in [5, 5.41) is 10.4. The lowest BCUT2D eigenvalue weighted by Crippen LogP contribution is -2.36. The number of ether oxygens (including phenoxy) is 1. The Balaban J connectivity index is 1.90. The van der Waals surface area contributed by atoms with Crippen molar-refractivity contribution in [2.24, 2.45) is 5.92 Å². The second kappa shape index (κ2) is 7.18. The second-order valence-electron chi connectivity index (χ2n) is 7.00. The Morgan fingerprint density at radius 1 is 1.52 bits per heavy atom. The van der Waals surface area contributed by atoms with Gasteiger partial charge in [0.15, 0.2) is 0 Å². The molecule has 1 saturated heterocycles. The van der Waals surface area contributed by atoms with Gasteiger partial charge in [-0.2, -0.15) is 0 Å². The molecule has 23 heavy (non-hydrogen) atoms. The van der Waals surface area contributed by atoms with Crippen molar-refractivity contribution < 1.29 is 19.0 Å². The van der Waals surface area contributed by atoms with E-state index in [9.17, 15) is 14.3 Å². The number of benzene rings is 1. The van der Waals surface area contributed by atoms with Crippen molar-refractivity contribution in [3.8, 4) is 0 Å². The molecule has 1 N–H and O–H groups in total. The van der Waals surface area contributed by atoms with E-state index in [0.29, 0.717) is 24.0 Å². The van der Waals surface area contributed by atoms with E-state index >= 15 is 0 Å². The van der Waals surface area contributed by atoms with Crippen molar-refractivity contribution >= 4 is 22.0 Å². The number of amides is 1. The van der Waals surface area contributed by atoms with Crippen LogP contribution in [0.1, 0.15) is 32.8 Å². The Bertz CT molecular complexity index is 573. The Morgan fingerprint density at radius 3 is 2.83 bits per heavy atom. The minimum absolute atomic E-state index is 0.00588. The zero-order valence-corrected chi connectivity index (χ0v) is 15.3. The van der Waals surface area contributed by atoms with Crippen molar-refractivity contribution in [2.45, 2.75) is 45.3 Å². The number of aliphatic hydroxyl groups excluding tert-OH is 1. The minimum atomic E-state index is -0.570. The largest absolute Gasteiger partial charge is 0.444 e. The molecule has 1 amide bonds. The predicted molar refractivity (Wildman–Crippen MR) is 89.7 cm³/mol. The van der Waals surface area contributed by atoms with Crippen LogP contribution in [0.5, 0.6) is 0 Å². The second-order valence-corrected chi connectivity index (χ2v) is 7.85. The molecular formula is C17H23BrFNO3. The van der Waals surface area contributed by atoms with Gasteiger partial charge in [-0.15, -0.1) is 0 Å². The first-order chi connectivity index (χ1) is 10.7. The predicted octanol–water partition coefficient (Wildman–Crippen LogP) is 3.75. The summed E-state index contributed by atoms with van der Waals surface area (Å²) in [5.41, 5.74) is 0.343. The summed E-state index contributed by atoms with van der Waals surface area (Å²) >= 11 is 3.15. The monoisotopic (exact) mass is 387 g/mol. The summed E-state index contributed by atoms with van der Waals surface area (Å²) in [4.78, 5) is 13.7. The maximum absolute atomic E-state index is 13.2. The first-order valence-corrected chi connectivity index (χ1v) is 8.55. The molecule has 0 aromatic heterocycles. The van der Waals surface area contributed by atoms with E-state index in [-0.39, 0.29) is 17.8 Å². The first kappa shape index (κ1) is 18.2. The van der Waals surface area contributed by atoms with Crippen LogP contribution in [-0.2, 0) is 11.2 Å². The molecule has 0 spiro atoms. The van der Waals surface area contributed by atoms with Crippen molar-refractivity contribution in [3.05, 3.63) is 34.1 Å². The van der Waals surface area contributed by atoms with Gasteiger partial charge < -0.3 is 14.7 Å². The molecule has 1 heterocycles. The third-order valence-electron chi connectivity index (χ3n) is 3.85. The molecule has 0 saturated carbocycles. The van der Waals surface area contributed by atoms with Crippen LogP contribution in [0, 0.1) is 11.7 Å². The Morgan fingerprint density at radius 2 is 2.22 bits per heavy atom. The van der Waals surface area contributed by atoms with Crippen LogP contribution in [0.4, 0.5) is 9.18 Å². The summed E-state index contributed by atoms with van der Waals surface area (Å²) in [6.07, 6.45) is 0.269. The van der Waals surface area contributed by atoms with E-state index in [2.05, 4.69) is 15.9 Å². The summed E-state index contributed by atoms with van der Waals surface area (Å²) in [6.45, 7) is 6.57. The molecule has 2 unspecified atom stereocenters. The maximum Gasteiger partial charge on any atom is 0.410 e. The standard InChI is InChI=1S/C17H23BrFNO3/c1-17(2,3)23-16(22)20-7-6-12(10-20)15(21)9-11-4-5-14(19)13(18)8-11/h4-5,8,12,15,21H,6-7,9-10H2,1-3H3. The van der Waals surface area contributed by atoms with Crippen molar-refractivity contribution in [2.75, 3.05) is 13.1 Å². The van der Waals surface area contributed by atoms with Gasteiger partial charge in [-0.3, -0.25) is 0 Å². The van der Waals surface area contributed by atoms with Gasteiger partial charge in [-0.1, -0.05) is 6.07 Å². The topological polar surface area (TPSA) is 49.8 Å². The SMILES string of the molecule is CC(C)(C)OC(=O)N1CCC(C(O)Cc2ccc(F)c(Br)c2)C1. The molecule has 4 nitrogen and oxygen atoms in total. The smallest absolute Gasteiger partial charge is 0.410 e.